The van der Waals surface area contributed by atoms with Crippen molar-refractivity contribution in [1.82, 2.24) is 5.32 Å². The van der Waals surface area contributed by atoms with Crippen molar-refractivity contribution in [2.45, 2.75) is 4.90 Å². The highest BCUT2D eigenvalue weighted by atomic mass is 32.2. The molecule has 10 heteroatoms. The van der Waals surface area contributed by atoms with E-state index in [0.717, 1.165) is 4.31 Å². The number of amides is 2. The number of para-hydroxylation sites is 1. The zero-order chi connectivity index (χ0) is 25.4. The molecular weight excluding hydrogens is 470 g/mol. The summed E-state index contributed by atoms with van der Waals surface area (Å²) >= 11 is 0. The van der Waals surface area contributed by atoms with Crippen LogP contribution in [0.3, 0.4) is 0 Å². The monoisotopic (exact) mass is 497 g/mol. The molecule has 0 aliphatic carbocycles. The minimum absolute atomic E-state index is 0.114. The fourth-order valence-corrected chi connectivity index (χ4v) is 4.41. The topological polar surface area (TPSA) is 114 Å². The Balaban J connectivity index is 1.73. The summed E-state index contributed by atoms with van der Waals surface area (Å²) in [6.45, 7) is 0.710. The highest BCUT2D eigenvalue weighted by molar-refractivity contribution is 7.92. The third-order valence-electron chi connectivity index (χ3n) is 5.22. The number of carbonyl (C=O) groups is 2. The van der Waals surface area contributed by atoms with Crippen molar-refractivity contribution in [3.05, 3.63) is 83.9 Å². The minimum atomic E-state index is -3.80. The van der Waals surface area contributed by atoms with E-state index in [1.807, 2.05) is 0 Å². The van der Waals surface area contributed by atoms with Crippen molar-refractivity contribution in [2.24, 2.45) is 0 Å². The second-order valence-corrected chi connectivity index (χ2v) is 9.41. The Morgan fingerprint density at radius 1 is 0.886 bits per heavy atom. The Morgan fingerprint density at radius 2 is 1.54 bits per heavy atom. The third kappa shape index (κ3) is 6.17. The summed E-state index contributed by atoms with van der Waals surface area (Å²) in [5, 5.41) is 5.46. The summed E-state index contributed by atoms with van der Waals surface area (Å²) in [4.78, 5) is 25.4. The molecular formula is C25H27N3O6S. The quantitative estimate of drug-likeness (QED) is 0.416. The summed E-state index contributed by atoms with van der Waals surface area (Å²) in [6.07, 6.45) is 0. The van der Waals surface area contributed by atoms with Crippen LogP contribution in [0.4, 0.5) is 11.4 Å². The minimum Gasteiger partial charge on any atom is -0.497 e. The van der Waals surface area contributed by atoms with Crippen LogP contribution >= 0.6 is 0 Å². The van der Waals surface area contributed by atoms with E-state index < -0.39 is 15.9 Å². The molecule has 3 aromatic carbocycles. The van der Waals surface area contributed by atoms with Crippen molar-refractivity contribution in [2.75, 3.05) is 44.0 Å². The molecule has 184 valence electrons. The molecule has 0 fully saturated rings. The van der Waals surface area contributed by atoms with Crippen LogP contribution in [0.5, 0.6) is 5.75 Å². The van der Waals surface area contributed by atoms with Crippen LogP contribution in [0.2, 0.25) is 0 Å². The van der Waals surface area contributed by atoms with Crippen molar-refractivity contribution >= 4 is 33.2 Å². The molecule has 3 rings (SSSR count). The van der Waals surface area contributed by atoms with Gasteiger partial charge in [-0.05, 0) is 60.7 Å². The molecule has 0 aliphatic rings. The van der Waals surface area contributed by atoms with Gasteiger partial charge in [-0.3, -0.25) is 13.9 Å². The van der Waals surface area contributed by atoms with Gasteiger partial charge in [0.2, 0.25) is 0 Å². The average Bonchev–Trinajstić information content (AvgIpc) is 2.88. The second kappa shape index (κ2) is 11.5. The molecule has 35 heavy (non-hydrogen) atoms. The smallest absolute Gasteiger partial charge is 0.264 e. The number of sulfonamides is 1. The highest BCUT2D eigenvalue weighted by Gasteiger charge is 2.22. The lowest BCUT2D eigenvalue weighted by Gasteiger charge is -2.20. The number of carbonyl (C=O) groups excluding carboxylic acids is 2. The number of hydrogen-bond donors (Lipinski definition) is 2. The number of ether oxygens (including phenoxy) is 2. The van der Waals surface area contributed by atoms with Crippen molar-refractivity contribution in [3.63, 3.8) is 0 Å². The molecule has 0 unspecified atom stereocenters. The van der Waals surface area contributed by atoms with Crippen molar-refractivity contribution in [1.29, 1.82) is 0 Å². The molecule has 0 spiro atoms. The Bertz CT molecular complexity index is 1280. The normalized spacial score (nSPS) is 10.9. The first-order valence-electron chi connectivity index (χ1n) is 10.7. The van der Waals surface area contributed by atoms with E-state index in [2.05, 4.69) is 10.6 Å². The largest absolute Gasteiger partial charge is 0.497 e. The third-order valence-corrected chi connectivity index (χ3v) is 7.02. The van der Waals surface area contributed by atoms with Gasteiger partial charge in [0.05, 0.1) is 35.6 Å². The van der Waals surface area contributed by atoms with Gasteiger partial charge in [-0.2, -0.15) is 0 Å². The summed E-state index contributed by atoms with van der Waals surface area (Å²) < 4.78 is 37.0. The van der Waals surface area contributed by atoms with Gasteiger partial charge >= 0.3 is 0 Å². The summed E-state index contributed by atoms with van der Waals surface area (Å²) in [7, 11) is 0.681. The maximum absolute atomic E-state index is 12.9. The molecule has 0 aromatic heterocycles. The van der Waals surface area contributed by atoms with Gasteiger partial charge in [0.15, 0.2) is 0 Å². The van der Waals surface area contributed by atoms with E-state index >= 15 is 0 Å². The van der Waals surface area contributed by atoms with Crippen LogP contribution in [0, 0.1) is 0 Å². The maximum atomic E-state index is 12.9. The number of benzene rings is 3. The van der Waals surface area contributed by atoms with Gasteiger partial charge in [-0.15, -0.1) is 0 Å². The molecule has 9 nitrogen and oxygen atoms in total. The lowest BCUT2D eigenvalue weighted by atomic mass is 10.1. The van der Waals surface area contributed by atoms with Gasteiger partial charge in [-0.25, -0.2) is 8.42 Å². The molecule has 0 radical (unpaired) electrons. The van der Waals surface area contributed by atoms with E-state index in [1.54, 1.807) is 48.5 Å². The zero-order valence-corrected chi connectivity index (χ0v) is 20.5. The van der Waals surface area contributed by atoms with Crippen LogP contribution < -0.4 is 19.7 Å². The van der Waals surface area contributed by atoms with Gasteiger partial charge in [-0.1, -0.05) is 12.1 Å². The molecule has 3 aromatic rings. The van der Waals surface area contributed by atoms with Crippen molar-refractivity contribution in [3.8, 4) is 5.75 Å². The Labute approximate surface area is 204 Å². The zero-order valence-electron chi connectivity index (χ0n) is 19.6. The van der Waals surface area contributed by atoms with Gasteiger partial charge in [0.1, 0.15) is 5.75 Å². The van der Waals surface area contributed by atoms with E-state index in [1.165, 1.54) is 45.5 Å². The lowest BCUT2D eigenvalue weighted by Crippen LogP contribution is -2.28. The average molecular weight is 498 g/mol. The summed E-state index contributed by atoms with van der Waals surface area (Å²) in [5.74, 6) is -0.219. The first kappa shape index (κ1) is 25.7. The van der Waals surface area contributed by atoms with E-state index in [0.29, 0.717) is 41.4 Å². The molecule has 0 bridgehead atoms. The van der Waals surface area contributed by atoms with E-state index in [4.69, 9.17) is 9.47 Å². The number of anilines is 2. The van der Waals surface area contributed by atoms with Crippen LogP contribution in [-0.2, 0) is 14.8 Å². The number of rotatable bonds is 10. The van der Waals surface area contributed by atoms with E-state index in [-0.39, 0.29) is 10.8 Å². The Kier molecular flexibility index (Phi) is 8.45. The molecule has 0 atom stereocenters. The lowest BCUT2D eigenvalue weighted by molar-refractivity contribution is 0.0938. The molecule has 0 saturated heterocycles. The predicted molar refractivity (Wildman–Crippen MR) is 134 cm³/mol. The fraction of sp³-hybridized carbons (Fsp3) is 0.200. The van der Waals surface area contributed by atoms with Crippen LogP contribution in [-0.4, -0.2) is 54.7 Å². The maximum Gasteiger partial charge on any atom is 0.264 e. The molecule has 2 N–H and O–H groups in total. The number of methoxy groups -OCH3 is 2. The van der Waals surface area contributed by atoms with Crippen LogP contribution in [0.1, 0.15) is 20.7 Å². The summed E-state index contributed by atoms with van der Waals surface area (Å²) in [6, 6.07) is 18.9. The van der Waals surface area contributed by atoms with E-state index in [9.17, 15) is 18.0 Å². The number of nitrogens with zero attached hydrogens (tertiary/aromatic N) is 1. The van der Waals surface area contributed by atoms with Crippen LogP contribution in [0.25, 0.3) is 0 Å². The van der Waals surface area contributed by atoms with Crippen LogP contribution in [0.15, 0.2) is 77.7 Å². The Morgan fingerprint density at radius 3 is 2.17 bits per heavy atom. The number of hydrogen-bond acceptors (Lipinski definition) is 6. The SMILES string of the molecule is COCCNC(=O)c1ccccc1NC(=O)c1ccc(N(C)S(=O)(=O)c2ccc(OC)cc2)cc1. The van der Waals surface area contributed by atoms with Gasteiger partial charge in [0, 0.05) is 26.3 Å². The predicted octanol–water partition coefficient (Wildman–Crippen LogP) is 3.15. The van der Waals surface area contributed by atoms with Gasteiger partial charge < -0.3 is 20.1 Å². The van der Waals surface area contributed by atoms with Gasteiger partial charge in [0.25, 0.3) is 21.8 Å². The first-order chi connectivity index (χ1) is 16.8. The molecule has 0 saturated carbocycles. The Hall–Kier alpha value is -3.89. The standard InChI is InChI=1S/C25H27N3O6S/c1-28(35(31,32)21-14-12-20(34-3)13-15-21)19-10-8-18(9-11-19)24(29)27-23-7-5-4-6-22(23)25(30)26-16-17-33-2/h4-15H,16-17H2,1-3H3,(H,26,30)(H,27,29). The number of nitrogens with one attached hydrogen (secondary N) is 2. The fourth-order valence-electron chi connectivity index (χ4n) is 3.21. The molecule has 0 aliphatic heterocycles. The molecule has 2 amide bonds. The summed E-state index contributed by atoms with van der Waals surface area (Å²) in [5.41, 5.74) is 1.36. The van der Waals surface area contributed by atoms with Crippen molar-refractivity contribution < 1.29 is 27.5 Å². The highest BCUT2D eigenvalue weighted by Crippen LogP contribution is 2.24. The second-order valence-electron chi connectivity index (χ2n) is 7.44. The molecule has 0 heterocycles. The first-order valence-corrected chi connectivity index (χ1v) is 12.1.